The standard InChI is InChI=1S/C11H22N2O2/c1-12-11(14)3-2-6-13-7-4-10-5-8-15-9-10/h10,13H,2-9H2,1H3,(H,12,14). The van der Waals surface area contributed by atoms with Crippen molar-refractivity contribution >= 4 is 5.91 Å². The monoisotopic (exact) mass is 214 g/mol. The molecule has 0 aromatic rings. The Labute approximate surface area is 91.8 Å². The van der Waals surface area contributed by atoms with E-state index in [1.165, 1.54) is 12.8 Å². The van der Waals surface area contributed by atoms with Gasteiger partial charge in [0.1, 0.15) is 0 Å². The van der Waals surface area contributed by atoms with Crippen LogP contribution in [-0.4, -0.2) is 39.3 Å². The molecule has 1 aliphatic rings. The normalized spacial score (nSPS) is 20.5. The summed E-state index contributed by atoms with van der Waals surface area (Å²) in [5.74, 6) is 0.873. The molecule has 0 radical (unpaired) electrons. The van der Waals surface area contributed by atoms with E-state index in [0.29, 0.717) is 6.42 Å². The van der Waals surface area contributed by atoms with Gasteiger partial charge in [0.25, 0.3) is 0 Å². The van der Waals surface area contributed by atoms with Gasteiger partial charge in [-0.2, -0.15) is 0 Å². The van der Waals surface area contributed by atoms with Crippen LogP contribution in [0.2, 0.25) is 0 Å². The molecule has 1 rings (SSSR count). The van der Waals surface area contributed by atoms with Gasteiger partial charge in [-0.25, -0.2) is 0 Å². The maximum atomic E-state index is 10.9. The highest BCUT2D eigenvalue weighted by atomic mass is 16.5. The zero-order valence-electron chi connectivity index (χ0n) is 9.55. The lowest BCUT2D eigenvalue weighted by Gasteiger charge is -2.08. The summed E-state index contributed by atoms with van der Waals surface area (Å²) >= 11 is 0. The fourth-order valence-corrected chi connectivity index (χ4v) is 1.74. The number of rotatable bonds is 7. The molecular formula is C11H22N2O2. The average Bonchev–Trinajstić information content (AvgIpc) is 2.75. The van der Waals surface area contributed by atoms with Gasteiger partial charge < -0.3 is 15.4 Å². The molecule has 0 aromatic heterocycles. The van der Waals surface area contributed by atoms with Gasteiger partial charge in [-0.1, -0.05) is 0 Å². The van der Waals surface area contributed by atoms with Gasteiger partial charge in [-0.3, -0.25) is 4.79 Å². The van der Waals surface area contributed by atoms with Crippen LogP contribution < -0.4 is 10.6 Å². The fraction of sp³-hybridized carbons (Fsp3) is 0.909. The Morgan fingerprint density at radius 2 is 2.33 bits per heavy atom. The predicted octanol–water partition coefficient (Wildman–Crippen LogP) is 0.529. The highest BCUT2D eigenvalue weighted by molar-refractivity contribution is 5.75. The average molecular weight is 214 g/mol. The summed E-state index contributed by atoms with van der Waals surface area (Å²) in [5, 5.41) is 5.97. The van der Waals surface area contributed by atoms with Gasteiger partial charge >= 0.3 is 0 Å². The van der Waals surface area contributed by atoms with Crippen LogP contribution >= 0.6 is 0 Å². The van der Waals surface area contributed by atoms with Crippen molar-refractivity contribution in [1.82, 2.24) is 10.6 Å². The maximum absolute atomic E-state index is 10.9. The maximum Gasteiger partial charge on any atom is 0.219 e. The summed E-state index contributed by atoms with van der Waals surface area (Å²) in [7, 11) is 1.68. The van der Waals surface area contributed by atoms with Crippen molar-refractivity contribution in [2.45, 2.75) is 25.7 Å². The molecule has 1 fully saturated rings. The quantitative estimate of drug-likeness (QED) is 0.608. The van der Waals surface area contributed by atoms with Crippen molar-refractivity contribution in [1.29, 1.82) is 0 Å². The molecule has 4 heteroatoms. The van der Waals surface area contributed by atoms with Crippen molar-refractivity contribution in [2.24, 2.45) is 5.92 Å². The summed E-state index contributed by atoms with van der Waals surface area (Å²) in [6, 6.07) is 0. The number of nitrogens with one attached hydrogen (secondary N) is 2. The van der Waals surface area contributed by atoms with Crippen LogP contribution in [0.4, 0.5) is 0 Å². The predicted molar refractivity (Wildman–Crippen MR) is 59.7 cm³/mol. The molecule has 0 spiro atoms. The van der Waals surface area contributed by atoms with Crippen molar-refractivity contribution in [3.63, 3.8) is 0 Å². The Morgan fingerprint density at radius 3 is 3.00 bits per heavy atom. The fourth-order valence-electron chi connectivity index (χ4n) is 1.74. The van der Waals surface area contributed by atoms with E-state index in [4.69, 9.17) is 4.74 Å². The first-order valence-electron chi connectivity index (χ1n) is 5.82. The van der Waals surface area contributed by atoms with Crippen LogP contribution in [-0.2, 0) is 9.53 Å². The lowest BCUT2D eigenvalue weighted by molar-refractivity contribution is -0.120. The number of hydrogen-bond donors (Lipinski definition) is 2. The summed E-state index contributed by atoms with van der Waals surface area (Å²) < 4.78 is 5.30. The minimum atomic E-state index is 0.126. The summed E-state index contributed by atoms with van der Waals surface area (Å²) in [4.78, 5) is 10.9. The van der Waals surface area contributed by atoms with Crippen LogP contribution in [0.15, 0.2) is 0 Å². The smallest absolute Gasteiger partial charge is 0.219 e. The molecule has 88 valence electrons. The first kappa shape index (κ1) is 12.5. The molecule has 0 aliphatic carbocycles. The van der Waals surface area contributed by atoms with Gasteiger partial charge in [0.05, 0.1) is 0 Å². The summed E-state index contributed by atoms with van der Waals surface area (Å²) in [6.45, 7) is 3.84. The third-order valence-electron chi connectivity index (χ3n) is 2.79. The van der Waals surface area contributed by atoms with E-state index < -0.39 is 0 Å². The zero-order valence-corrected chi connectivity index (χ0v) is 9.55. The molecule has 1 saturated heterocycles. The number of amides is 1. The van der Waals surface area contributed by atoms with E-state index in [-0.39, 0.29) is 5.91 Å². The minimum Gasteiger partial charge on any atom is -0.381 e. The molecule has 1 unspecified atom stereocenters. The molecule has 0 aromatic carbocycles. The van der Waals surface area contributed by atoms with Crippen LogP contribution in [0, 0.1) is 5.92 Å². The molecule has 1 heterocycles. The molecule has 15 heavy (non-hydrogen) atoms. The van der Waals surface area contributed by atoms with Gasteiger partial charge in [-0.15, -0.1) is 0 Å². The third kappa shape index (κ3) is 5.74. The molecule has 1 aliphatic heterocycles. The van der Waals surface area contributed by atoms with E-state index in [2.05, 4.69) is 10.6 Å². The Hall–Kier alpha value is -0.610. The van der Waals surface area contributed by atoms with E-state index in [0.717, 1.165) is 38.6 Å². The Kier molecular flexibility index (Phi) is 6.36. The molecular weight excluding hydrogens is 192 g/mol. The van der Waals surface area contributed by atoms with Crippen molar-refractivity contribution in [2.75, 3.05) is 33.4 Å². The van der Waals surface area contributed by atoms with E-state index in [1.54, 1.807) is 7.05 Å². The molecule has 2 N–H and O–H groups in total. The minimum absolute atomic E-state index is 0.126. The number of carbonyl (C=O) groups excluding carboxylic acids is 1. The molecule has 0 saturated carbocycles. The Morgan fingerprint density at radius 1 is 1.47 bits per heavy atom. The molecule has 1 atom stereocenters. The SMILES string of the molecule is CNC(=O)CCCNCCC1CCOC1. The molecule has 4 nitrogen and oxygen atoms in total. The van der Waals surface area contributed by atoms with Gasteiger partial charge in [0.2, 0.25) is 5.91 Å². The zero-order chi connectivity index (χ0) is 10.9. The third-order valence-corrected chi connectivity index (χ3v) is 2.79. The van der Waals surface area contributed by atoms with Crippen molar-refractivity contribution in [3.8, 4) is 0 Å². The number of ether oxygens (including phenoxy) is 1. The second kappa shape index (κ2) is 7.65. The summed E-state index contributed by atoms with van der Waals surface area (Å²) in [5.41, 5.74) is 0. The lowest BCUT2D eigenvalue weighted by atomic mass is 10.1. The summed E-state index contributed by atoms with van der Waals surface area (Å²) in [6.07, 6.45) is 3.94. The van der Waals surface area contributed by atoms with Crippen LogP contribution in [0.3, 0.4) is 0 Å². The first-order chi connectivity index (χ1) is 7.33. The van der Waals surface area contributed by atoms with Gasteiger partial charge in [0, 0.05) is 26.7 Å². The second-order valence-electron chi connectivity index (χ2n) is 4.05. The van der Waals surface area contributed by atoms with Crippen LogP contribution in [0.1, 0.15) is 25.7 Å². The van der Waals surface area contributed by atoms with Crippen molar-refractivity contribution in [3.05, 3.63) is 0 Å². The largest absolute Gasteiger partial charge is 0.381 e. The first-order valence-corrected chi connectivity index (χ1v) is 5.82. The Balaban J connectivity index is 1.82. The lowest BCUT2D eigenvalue weighted by Crippen LogP contribution is -2.22. The Bertz CT molecular complexity index is 179. The van der Waals surface area contributed by atoms with Crippen LogP contribution in [0.5, 0.6) is 0 Å². The van der Waals surface area contributed by atoms with E-state index >= 15 is 0 Å². The topological polar surface area (TPSA) is 50.4 Å². The van der Waals surface area contributed by atoms with Crippen LogP contribution in [0.25, 0.3) is 0 Å². The highest BCUT2D eigenvalue weighted by Crippen LogP contribution is 2.14. The number of carbonyl (C=O) groups is 1. The second-order valence-corrected chi connectivity index (χ2v) is 4.05. The number of hydrogen-bond acceptors (Lipinski definition) is 3. The van der Waals surface area contributed by atoms with E-state index in [1.807, 2.05) is 0 Å². The van der Waals surface area contributed by atoms with E-state index in [9.17, 15) is 4.79 Å². The van der Waals surface area contributed by atoms with Crippen molar-refractivity contribution < 1.29 is 9.53 Å². The molecule has 0 bridgehead atoms. The van der Waals surface area contributed by atoms with Gasteiger partial charge in [0.15, 0.2) is 0 Å². The highest BCUT2D eigenvalue weighted by Gasteiger charge is 2.14. The molecule has 1 amide bonds. The van der Waals surface area contributed by atoms with Gasteiger partial charge in [-0.05, 0) is 38.3 Å².